The Morgan fingerprint density at radius 3 is 2.77 bits per heavy atom. The number of para-hydroxylation sites is 1. The molecule has 4 aromatic rings. The van der Waals surface area contributed by atoms with Gasteiger partial charge in [-0.1, -0.05) is 30.3 Å². The lowest BCUT2D eigenvalue weighted by Crippen LogP contribution is -2.65. The molecule has 2 amide bonds. The summed E-state index contributed by atoms with van der Waals surface area (Å²) in [7, 11) is 0. The van der Waals surface area contributed by atoms with E-state index in [2.05, 4.69) is 20.9 Å². The maximum atomic E-state index is 14.2. The average molecular weight is 536 g/mol. The number of pyridine rings is 1. The van der Waals surface area contributed by atoms with Gasteiger partial charge in [0.2, 0.25) is 18.6 Å². The van der Waals surface area contributed by atoms with Crippen molar-refractivity contribution in [3.05, 3.63) is 89.4 Å². The predicted molar refractivity (Wildman–Crippen MR) is 147 cm³/mol. The molecular formula is C31H29N5O4. The number of piperazine rings is 1. The van der Waals surface area contributed by atoms with Gasteiger partial charge in [-0.2, -0.15) is 0 Å². The average Bonchev–Trinajstić information content (AvgIpc) is 3.72. The number of H-pyrrole nitrogens is 1. The highest BCUT2D eigenvalue weighted by atomic mass is 16.7. The predicted octanol–water partition coefficient (Wildman–Crippen LogP) is 3.25. The topological polar surface area (TPSA) is 91.0 Å². The van der Waals surface area contributed by atoms with E-state index in [0.29, 0.717) is 17.9 Å². The Balaban J connectivity index is 1.14. The zero-order valence-electron chi connectivity index (χ0n) is 22.0. The first-order valence-electron chi connectivity index (χ1n) is 13.9. The van der Waals surface area contributed by atoms with Gasteiger partial charge in [0, 0.05) is 54.9 Å². The number of nitrogens with one attached hydrogen (secondary N) is 1. The standard InChI is InChI=1S/C31H29N5O4/c37-28-17-35(21-10-12-34(16-21)15-20-5-3-4-11-32-20)31(38)25-14-23-22-6-1-2-7-24(22)33-29(23)30(36(25)28)19-8-9-26-27(13-19)40-18-39-26/h1-9,11,13,21,25,30,33H,10,12,14-18H2/t21-,25+,30+/m0/s1. The summed E-state index contributed by atoms with van der Waals surface area (Å²) in [5.74, 6) is 1.36. The molecule has 202 valence electrons. The molecule has 0 unspecified atom stereocenters. The van der Waals surface area contributed by atoms with Gasteiger partial charge in [-0.3, -0.25) is 19.5 Å². The quantitative estimate of drug-likeness (QED) is 0.432. The van der Waals surface area contributed by atoms with Crippen molar-refractivity contribution in [3.63, 3.8) is 0 Å². The summed E-state index contributed by atoms with van der Waals surface area (Å²) in [6.45, 7) is 2.63. The Labute approximate surface area is 231 Å². The van der Waals surface area contributed by atoms with E-state index in [1.807, 2.05) is 70.6 Å². The number of ether oxygens (including phenoxy) is 2. The van der Waals surface area contributed by atoms with Crippen molar-refractivity contribution in [2.24, 2.45) is 0 Å². The summed E-state index contributed by atoms with van der Waals surface area (Å²) in [6.07, 6.45) is 3.15. The molecule has 8 rings (SSSR count). The van der Waals surface area contributed by atoms with Crippen LogP contribution < -0.4 is 9.47 Å². The van der Waals surface area contributed by atoms with E-state index >= 15 is 0 Å². The Hall–Kier alpha value is -4.37. The summed E-state index contributed by atoms with van der Waals surface area (Å²) in [4.78, 5) is 42.3. The molecule has 0 aliphatic carbocycles. The minimum absolute atomic E-state index is 0.00988. The van der Waals surface area contributed by atoms with E-state index in [1.165, 1.54) is 0 Å². The van der Waals surface area contributed by atoms with Crippen LogP contribution in [0.25, 0.3) is 10.9 Å². The van der Waals surface area contributed by atoms with Crippen LogP contribution in [0.5, 0.6) is 11.5 Å². The van der Waals surface area contributed by atoms with E-state index in [1.54, 1.807) is 0 Å². The summed E-state index contributed by atoms with van der Waals surface area (Å²) in [6, 6.07) is 18.9. The van der Waals surface area contributed by atoms with Crippen LogP contribution in [-0.4, -0.2) is 75.0 Å². The SMILES string of the molecule is O=C1[C@H]2Cc3c([nH]c4ccccc34)[C@@H](c3ccc4c(c3)OCO4)N2C(=O)CN1[C@H]1CCN(Cc2ccccn2)C1. The molecule has 2 aromatic heterocycles. The van der Waals surface area contributed by atoms with Gasteiger partial charge in [-0.05, 0) is 47.9 Å². The maximum absolute atomic E-state index is 14.2. The number of carbonyl (C=O) groups is 2. The molecule has 4 aliphatic rings. The van der Waals surface area contributed by atoms with Crippen molar-refractivity contribution < 1.29 is 19.1 Å². The molecule has 4 aliphatic heterocycles. The van der Waals surface area contributed by atoms with Crippen LogP contribution in [0.1, 0.15) is 35.0 Å². The van der Waals surface area contributed by atoms with Crippen molar-refractivity contribution >= 4 is 22.7 Å². The van der Waals surface area contributed by atoms with Gasteiger partial charge in [0.15, 0.2) is 11.5 Å². The van der Waals surface area contributed by atoms with Crippen LogP contribution in [0.4, 0.5) is 0 Å². The van der Waals surface area contributed by atoms with Gasteiger partial charge in [0.25, 0.3) is 0 Å². The van der Waals surface area contributed by atoms with Gasteiger partial charge in [0.1, 0.15) is 12.6 Å². The number of fused-ring (bicyclic) bond motifs is 5. The maximum Gasteiger partial charge on any atom is 0.246 e. The number of aromatic nitrogens is 2. The third kappa shape index (κ3) is 3.68. The first-order chi connectivity index (χ1) is 19.6. The molecule has 0 radical (unpaired) electrons. The number of likely N-dealkylation sites (tertiary alicyclic amines) is 1. The highest BCUT2D eigenvalue weighted by molar-refractivity contribution is 5.98. The molecule has 2 aromatic carbocycles. The smallest absolute Gasteiger partial charge is 0.246 e. The summed E-state index contributed by atoms with van der Waals surface area (Å²) < 4.78 is 11.2. The molecule has 9 heteroatoms. The number of hydrogen-bond acceptors (Lipinski definition) is 6. The number of benzene rings is 2. The van der Waals surface area contributed by atoms with Gasteiger partial charge in [-0.15, -0.1) is 0 Å². The Bertz CT molecular complexity index is 1640. The van der Waals surface area contributed by atoms with Gasteiger partial charge < -0.3 is 24.3 Å². The van der Waals surface area contributed by atoms with Gasteiger partial charge in [0.05, 0.1) is 11.7 Å². The molecule has 1 N–H and O–H groups in total. The lowest BCUT2D eigenvalue weighted by molar-refractivity contribution is -0.160. The number of rotatable bonds is 4. The summed E-state index contributed by atoms with van der Waals surface area (Å²) >= 11 is 0. The molecule has 2 saturated heterocycles. The number of amides is 2. The van der Waals surface area contributed by atoms with E-state index < -0.39 is 12.1 Å². The zero-order valence-corrected chi connectivity index (χ0v) is 22.0. The number of nitrogens with zero attached hydrogens (tertiary/aromatic N) is 4. The minimum atomic E-state index is -0.562. The summed E-state index contributed by atoms with van der Waals surface area (Å²) in [5, 5.41) is 1.10. The van der Waals surface area contributed by atoms with Crippen molar-refractivity contribution in [1.29, 1.82) is 0 Å². The molecule has 0 saturated carbocycles. The fourth-order valence-electron chi connectivity index (χ4n) is 6.96. The third-order valence-electron chi connectivity index (χ3n) is 8.81. The molecule has 2 fully saturated rings. The Morgan fingerprint density at radius 2 is 1.88 bits per heavy atom. The summed E-state index contributed by atoms with van der Waals surface area (Å²) in [5.41, 5.74) is 5.00. The third-order valence-corrected chi connectivity index (χ3v) is 8.81. The highest BCUT2D eigenvalue weighted by Crippen LogP contribution is 2.45. The fourth-order valence-corrected chi connectivity index (χ4v) is 6.96. The van der Waals surface area contributed by atoms with Crippen LogP contribution in [0, 0.1) is 0 Å². The second-order valence-corrected chi connectivity index (χ2v) is 11.1. The molecular weight excluding hydrogens is 506 g/mol. The number of aromatic amines is 1. The van der Waals surface area contributed by atoms with Crippen molar-refractivity contribution in [1.82, 2.24) is 24.7 Å². The van der Waals surface area contributed by atoms with Crippen LogP contribution in [0.3, 0.4) is 0 Å². The normalized spacial score (nSPS) is 24.1. The van der Waals surface area contributed by atoms with E-state index in [0.717, 1.165) is 59.5 Å². The molecule has 6 heterocycles. The van der Waals surface area contributed by atoms with Crippen LogP contribution >= 0.6 is 0 Å². The first kappa shape index (κ1) is 23.5. The molecule has 9 nitrogen and oxygen atoms in total. The first-order valence-corrected chi connectivity index (χ1v) is 13.9. The van der Waals surface area contributed by atoms with E-state index in [-0.39, 0.29) is 31.2 Å². The number of hydrogen-bond donors (Lipinski definition) is 1. The monoisotopic (exact) mass is 535 g/mol. The van der Waals surface area contributed by atoms with Crippen LogP contribution in [0.2, 0.25) is 0 Å². The minimum Gasteiger partial charge on any atom is -0.454 e. The Kier molecular flexibility index (Phi) is 5.34. The van der Waals surface area contributed by atoms with Gasteiger partial charge >= 0.3 is 0 Å². The molecule has 3 atom stereocenters. The fraction of sp³-hybridized carbons (Fsp3) is 0.323. The van der Waals surface area contributed by atoms with Crippen molar-refractivity contribution in [3.8, 4) is 11.5 Å². The lowest BCUT2D eigenvalue weighted by Gasteiger charge is -2.48. The van der Waals surface area contributed by atoms with Crippen LogP contribution in [-0.2, 0) is 22.6 Å². The van der Waals surface area contributed by atoms with Gasteiger partial charge in [-0.25, -0.2) is 0 Å². The molecule has 0 spiro atoms. The van der Waals surface area contributed by atoms with E-state index in [4.69, 9.17) is 9.47 Å². The second-order valence-electron chi connectivity index (χ2n) is 11.1. The largest absolute Gasteiger partial charge is 0.454 e. The van der Waals surface area contributed by atoms with Crippen LogP contribution in [0.15, 0.2) is 66.9 Å². The van der Waals surface area contributed by atoms with Crippen molar-refractivity contribution in [2.45, 2.75) is 37.5 Å². The van der Waals surface area contributed by atoms with E-state index in [9.17, 15) is 9.59 Å². The zero-order chi connectivity index (χ0) is 26.8. The van der Waals surface area contributed by atoms with Crippen molar-refractivity contribution in [2.75, 3.05) is 26.4 Å². The number of carbonyl (C=O) groups excluding carboxylic acids is 2. The highest BCUT2D eigenvalue weighted by Gasteiger charge is 2.50. The Morgan fingerprint density at radius 1 is 1.00 bits per heavy atom. The molecule has 0 bridgehead atoms. The molecule has 40 heavy (non-hydrogen) atoms. The second kappa shape index (κ2) is 9.09. The lowest BCUT2D eigenvalue weighted by atomic mass is 9.85.